The molecule has 138 valence electrons. The molecule has 0 radical (unpaired) electrons. The molecule has 1 aliphatic rings. The van der Waals surface area contributed by atoms with E-state index in [1.54, 1.807) is 7.11 Å². The second kappa shape index (κ2) is 9.40. The fraction of sp³-hybridized carbons (Fsp3) is 0.350. The highest BCUT2D eigenvalue weighted by Gasteiger charge is 2.16. The lowest BCUT2D eigenvalue weighted by atomic mass is 10.1. The molecule has 0 aliphatic carbocycles. The summed E-state index contributed by atoms with van der Waals surface area (Å²) in [6.07, 6.45) is 0.917. The summed E-state index contributed by atoms with van der Waals surface area (Å²) in [6, 6.07) is 16.4. The van der Waals surface area contributed by atoms with Crippen molar-refractivity contribution in [2.24, 2.45) is 0 Å². The van der Waals surface area contributed by atoms with Crippen molar-refractivity contribution in [1.29, 1.82) is 0 Å². The quantitative estimate of drug-likeness (QED) is 0.566. The van der Waals surface area contributed by atoms with Crippen molar-refractivity contribution in [3.05, 3.63) is 59.7 Å². The average molecular weight is 372 g/mol. The van der Waals surface area contributed by atoms with E-state index >= 15 is 0 Å². The monoisotopic (exact) mass is 372 g/mol. The number of rotatable bonds is 8. The average Bonchev–Trinajstić information content (AvgIpc) is 3.13. The van der Waals surface area contributed by atoms with Crippen LogP contribution in [-0.2, 0) is 17.8 Å². The molecule has 0 bridgehead atoms. The number of benzene rings is 2. The molecule has 3 rings (SSSR count). The number of nitrogens with zero attached hydrogens (tertiary/aromatic N) is 1. The maximum Gasteiger partial charge on any atom is 0.231 e. The number of nitrogens with one attached hydrogen (secondary N) is 1. The Morgan fingerprint density at radius 2 is 1.85 bits per heavy atom. The van der Waals surface area contributed by atoms with Gasteiger partial charge in [-0.15, -0.1) is 0 Å². The van der Waals surface area contributed by atoms with E-state index in [2.05, 4.69) is 28.4 Å². The molecule has 0 saturated heterocycles. The van der Waals surface area contributed by atoms with Crippen molar-refractivity contribution in [2.75, 3.05) is 27.1 Å². The van der Waals surface area contributed by atoms with Crippen LogP contribution in [0, 0.1) is 0 Å². The first-order valence-corrected chi connectivity index (χ1v) is 9.11. The third-order valence-corrected chi connectivity index (χ3v) is 4.52. The van der Waals surface area contributed by atoms with Gasteiger partial charge in [-0.1, -0.05) is 36.4 Å². The van der Waals surface area contributed by atoms with Crippen LogP contribution in [-0.4, -0.2) is 37.1 Å². The minimum atomic E-state index is 0.284. The van der Waals surface area contributed by atoms with Gasteiger partial charge in [0, 0.05) is 33.4 Å². The van der Waals surface area contributed by atoms with Gasteiger partial charge in [-0.2, -0.15) is 0 Å². The summed E-state index contributed by atoms with van der Waals surface area (Å²) in [6.45, 7) is 3.23. The minimum Gasteiger partial charge on any atom is -0.454 e. The second-order valence-electron chi connectivity index (χ2n) is 6.11. The van der Waals surface area contributed by atoms with Crippen molar-refractivity contribution in [3.8, 4) is 11.5 Å². The van der Waals surface area contributed by atoms with Crippen LogP contribution >= 0.6 is 12.2 Å². The Kier molecular flexibility index (Phi) is 6.68. The SMILES string of the molecule is COCCCNC(=S)N(Cc1ccccc1)Cc1ccc2c(c1)OCO2. The predicted molar refractivity (Wildman–Crippen MR) is 105 cm³/mol. The maximum atomic E-state index is 5.64. The van der Waals surface area contributed by atoms with Gasteiger partial charge in [-0.3, -0.25) is 0 Å². The zero-order valence-electron chi connectivity index (χ0n) is 14.9. The molecule has 26 heavy (non-hydrogen) atoms. The van der Waals surface area contributed by atoms with Gasteiger partial charge >= 0.3 is 0 Å². The van der Waals surface area contributed by atoms with Crippen molar-refractivity contribution in [1.82, 2.24) is 10.2 Å². The summed E-state index contributed by atoms with van der Waals surface area (Å²) < 4.78 is 16.0. The van der Waals surface area contributed by atoms with Crippen LogP contribution in [0.3, 0.4) is 0 Å². The van der Waals surface area contributed by atoms with E-state index in [0.29, 0.717) is 6.54 Å². The van der Waals surface area contributed by atoms with Gasteiger partial charge in [0.15, 0.2) is 16.6 Å². The molecule has 5 nitrogen and oxygen atoms in total. The molecular formula is C20H24N2O3S. The normalized spacial score (nSPS) is 12.0. The highest BCUT2D eigenvalue weighted by atomic mass is 32.1. The molecule has 0 amide bonds. The van der Waals surface area contributed by atoms with Crippen LogP contribution in [0.1, 0.15) is 17.5 Å². The second-order valence-corrected chi connectivity index (χ2v) is 6.49. The van der Waals surface area contributed by atoms with Crippen LogP contribution in [0.2, 0.25) is 0 Å². The first-order valence-electron chi connectivity index (χ1n) is 8.70. The van der Waals surface area contributed by atoms with E-state index in [0.717, 1.165) is 48.3 Å². The van der Waals surface area contributed by atoms with Gasteiger partial charge in [-0.25, -0.2) is 0 Å². The van der Waals surface area contributed by atoms with E-state index in [1.165, 1.54) is 5.56 Å². The number of thiocarbonyl (C=S) groups is 1. The Morgan fingerprint density at radius 1 is 1.08 bits per heavy atom. The van der Waals surface area contributed by atoms with Crippen LogP contribution in [0.25, 0.3) is 0 Å². The molecule has 1 heterocycles. The van der Waals surface area contributed by atoms with E-state index in [4.69, 9.17) is 26.4 Å². The molecule has 1 aliphatic heterocycles. The lowest BCUT2D eigenvalue weighted by molar-refractivity contribution is 0.174. The maximum absolute atomic E-state index is 5.64. The number of ether oxygens (including phenoxy) is 3. The van der Waals surface area contributed by atoms with E-state index < -0.39 is 0 Å². The van der Waals surface area contributed by atoms with Gasteiger partial charge in [0.1, 0.15) is 0 Å². The lowest BCUT2D eigenvalue weighted by Gasteiger charge is -2.26. The number of hydrogen-bond acceptors (Lipinski definition) is 4. The summed E-state index contributed by atoms with van der Waals surface area (Å²) in [5.41, 5.74) is 2.35. The van der Waals surface area contributed by atoms with Gasteiger partial charge in [0.05, 0.1) is 0 Å². The van der Waals surface area contributed by atoms with Crippen molar-refractivity contribution in [2.45, 2.75) is 19.5 Å². The van der Waals surface area contributed by atoms with E-state index in [-0.39, 0.29) is 6.79 Å². The summed E-state index contributed by atoms with van der Waals surface area (Å²) in [4.78, 5) is 2.16. The molecule has 0 saturated carbocycles. The lowest BCUT2D eigenvalue weighted by Crippen LogP contribution is -2.39. The van der Waals surface area contributed by atoms with Gasteiger partial charge in [-0.05, 0) is 41.9 Å². The molecule has 6 heteroatoms. The zero-order valence-corrected chi connectivity index (χ0v) is 15.8. The molecule has 0 unspecified atom stereocenters. The first kappa shape index (κ1) is 18.5. The van der Waals surface area contributed by atoms with Gasteiger partial charge < -0.3 is 24.4 Å². The van der Waals surface area contributed by atoms with Crippen LogP contribution in [0.4, 0.5) is 0 Å². The van der Waals surface area contributed by atoms with Gasteiger partial charge in [0.25, 0.3) is 0 Å². The third kappa shape index (κ3) is 5.09. The van der Waals surface area contributed by atoms with Gasteiger partial charge in [0.2, 0.25) is 6.79 Å². The fourth-order valence-electron chi connectivity index (χ4n) is 2.79. The molecule has 1 N–H and O–H groups in total. The largest absolute Gasteiger partial charge is 0.454 e. The van der Waals surface area contributed by atoms with Crippen LogP contribution in [0.15, 0.2) is 48.5 Å². The highest BCUT2D eigenvalue weighted by molar-refractivity contribution is 7.80. The summed E-state index contributed by atoms with van der Waals surface area (Å²) in [5, 5.41) is 4.07. The molecule has 0 spiro atoms. The van der Waals surface area contributed by atoms with Crippen LogP contribution in [0.5, 0.6) is 11.5 Å². The number of methoxy groups -OCH3 is 1. The van der Waals surface area contributed by atoms with E-state index in [9.17, 15) is 0 Å². The number of fused-ring (bicyclic) bond motifs is 1. The third-order valence-electron chi connectivity index (χ3n) is 4.12. The Balaban J connectivity index is 1.68. The van der Waals surface area contributed by atoms with Crippen molar-refractivity contribution >= 4 is 17.3 Å². The predicted octanol–water partition coefficient (Wildman–Crippen LogP) is 3.33. The molecule has 0 aromatic heterocycles. The van der Waals surface area contributed by atoms with E-state index in [1.807, 2.05) is 30.3 Å². The molecular weight excluding hydrogens is 348 g/mol. The highest BCUT2D eigenvalue weighted by Crippen LogP contribution is 2.32. The first-order chi connectivity index (χ1) is 12.8. The molecule has 2 aromatic carbocycles. The summed E-state index contributed by atoms with van der Waals surface area (Å²) in [5.74, 6) is 1.59. The smallest absolute Gasteiger partial charge is 0.231 e. The Bertz CT molecular complexity index is 724. The van der Waals surface area contributed by atoms with Crippen molar-refractivity contribution in [3.63, 3.8) is 0 Å². The van der Waals surface area contributed by atoms with Crippen molar-refractivity contribution < 1.29 is 14.2 Å². The standard InChI is InChI=1S/C20H24N2O3S/c1-23-11-5-10-21-20(26)22(13-16-6-3-2-4-7-16)14-17-8-9-18-19(12-17)25-15-24-18/h2-4,6-9,12H,5,10-11,13-15H2,1H3,(H,21,26). The summed E-state index contributed by atoms with van der Waals surface area (Å²) in [7, 11) is 1.71. The summed E-state index contributed by atoms with van der Waals surface area (Å²) >= 11 is 5.64. The Morgan fingerprint density at radius 3 is 2.65 bits per heavy atom. The zero-order chi connectivity index (χ0) is 18.2. The van der Waals surface area contributed by atoms with Crippen LogP contribution < -0.4 is 14.8 Å². The Hall–Kier alpha value is -2.31. The molecule has 0 fully saturated rings. The topological polar surface area (TPSA) is 43.0 Å². The minimum absolute atomic E-state index is 0.284. The Labute approximate surface area is 159 Å². The number of hydrogen-bond donors (Lipinski definition) is 1. The fourth-order valence-corrected chi connectivity index (χ4v) is 3.02. The molecule has 0 atom stereocenters. The molecule has 2 aromatic rings.